The van der Waals surface area contributed by atoms with Gasteiger partial charge in [-0.15, -0.1) is 0 Å². The van der Waals surface area contributed by atoms with Crippen LogP contribution in [0.3, 0.4) is 0 Å². The minimum Gasteiger partial charge on any atom is -0.329 e. The number of hydrogen-bond acceptors (Lipinski definition) is 5. The molecule has 1 N–H and O–H groups in total. The number of anilines is 1. The SMILES string of the molecule is Cc1nc2ccc(C(=O)Nc3cc(Cl)ccc3Sc3nccn3C)cc2nc1C. The molecule has 0 aliphatic carbocycles. The molecule has 1 amide bonds. The minimum atomic E-state index is -0.240. The zero-order chi connectivity index (χ0) is 20.5. The smallest absolute Gasteiger partial charge is 0.255 e. The van der Waals surface area contributed by atoms with E-state index in [0.717, 1.165) is 27.0 Å². The summed E-state index contributed by atoms with van der Waals surface area (Å²) in [4.78, 5) is 27.1. The molecule has 4 rings (SSSR count). The number of carbonyl (C=O) groups excluding carboxylic acids is 1. The highest BCUT2D eigenvalue weighted by Gasteiger charge is 2.14. The molecule has 0 saturated carbocycles. The Morgan fingerprint density at radius 1 is 1.07 bits per heavy atom. The number of fused-ring (bicyclic) bond motifs is 1. The van der Waals surface area contributed by atoms with Gasteiger partial charge in [-0.2, -0.15) is 0 Å². The maximum atomic E-state index is 12.9. The molecule has 146 valence electrons. The summed E-state index contributed by atoms with van der Waals surface area (Å²) in [5.41, 5.74) is 4.31. The van der Waals surface area contributed by atoms with Gasteiger partial charge in [0.15, 0.2) is 5.16 Å². The standard InChI is InChI=1S/C21H18ClN5OS/c1-12-13(2)25-17-10-14(4-6-16(17)24-12)20(28)26-18-11-15(22)5-7-19(18)29-21-23-8-9-27(21)3/h4-11H,1-3H3,(H,26,28). The molecular formula is C21H18ClN5OS. The van der Waals surface area contributed by atoms with Crippen LogP contribution in [0.1, 0.15) is 21.7 Å². The van der Waals surface area contributed by atoms with Gasteiger partial charge >= 0.3 is 0 Å². The predicted octanol–water partition coefficient (Wildman–Crippen LogP) is 5.04. The maximum absolute atomic E-state index is 12.9. The molecule has 0 atom stereocenters. The van der Waals surface area contributed by atoms with Crippen molar-refractivity contribution < 1.29 is 4.79 Å². The summed E-state index contributed by atoms with van der Waals surface area (Å²) in [6, 6.07) is 10.7. The third-order valence-corrected chi connectivity index (χ3v) is 5.89. The molecule has 0 fully saturated rings. The van der Waals surface area contributed by atoms with Crippen LogP contribution in [0.4, 0.5) is 5.69 Å². The highest BCUT2D eigenvalue weighted by Crippen LogP contribution is 2.34. The number of imidazole rings is 1. The van der Waals surface area contributed by atoms with Crippen LogP contribution in [0.2, 0.25) is 5.02 Å². The molecule has 6 nitrogen and oxygen atoms in total. The van der Waals surface area contributed by atoms with E-state index in [1.807, 2.05) is 43.8 Å². The number of hydrogen-bond donors (Lipinski definition) is 1. The number of nitrogens with zero attached hydrogens (tertiary/aromatic N) is 4. The van der Waals surface area contributed by atoms with Crippen LogP contribution in [0.25, 0.3) is 11.0 Å². The number of rotatable bonds is 4. The van der Waals surface area contributed by atoms with Crippen molar-refractivity contribution in [1.82, 2.24) is 19.5 Å². The fourth-order valence-electron chi connectivity index (χ4n) is 2.80. The average molecular weight is 424 g/mol. The zero-order valence-electron chi connectivity index (χ0n) is 16.1. The van der Waals surface area contributed by atoms with Gasteiger partial charge in [0, 0.05) is 34.9 Å². The van der Waals surface area contributed by atoms with Crippen molar-refractivity contribution >= 4 is 46.0 Å². The first-order valence-corrected chi connectivity index (χ1v) is 10.1. The van der Waals surface area contributed by atoms with Crippen LogP contribution >= 0.6 is 23.4 Å². The van der Waals surface area contributed by atoms with Crippen molar-refractivity contribution in [2.45, 2.75) is 23.9 Å². The maximum Gasteiger partial charge on any atom is 0.255 e. The number of nitrogens with one attached hydrogen (secondary N) is 1. The van der Waals surface area contributed by atoms with Gasteiger partial charge in [-0.3, -0.25) is 4.79 Å². The molecule has 0 aliphatic rings. The third-order valence-electron chi connectivity index (χ3n) is 4.51. The Bertz CT molecular complexity index is 1240. The molecule has 0 aliphatic heterocycles. The summed E-state index contributed by atoms with van der Waals surface area (Å²) in [7, 11) is 1.92. The Labute approximate surface area is 177 Å². The lowest BCUT2D eigenvalue weighted by atomic mass is 10.1. The largest absolute Gasteiger partial charge is 0.329 e. The van der Waals surface area contributed by atoms with Crippen LogP contribution < -0.4 is 5.32 Å². The molecule has 2 heterocycles. The van der Waals surface area contributed by atoms with Crippen LogP contribution in [0.5, 0.6) is 0 Å². The topological polar surface area (TPSA) is 72.7 Å². The number of halogens is 1. The first-order valence-electron chi connectivity index (χ1n) is 8.92. The van der Waals surface area contributed by atoms with Crippen LogP contribution in [0, 0.1) is 13.8 Å². The number of carbonyl (C=O) groups is 1. The van der Waals surface area contributed by atoms with Crippen molar-refractivity contribution in [1.29, 1.82) is 0 Å². The van der Waals surface area contributed by atoms with E-state index in [1.54, 1.807) is 30.5 Å². The van der Waals surface area contributed by atoms with Gasteiger partial charge in [0.2, 0.25) is 0 Å². The summed E-state index contributed by atoms with van der Waals surface area (Å²) >= 11 is 7.63. The number of benzene rings is 2. The van der Waals surface area contributed by atoms with E-state index in [1.165, 1.54) is 11.8 Å². The number of aryl methyl sites for hydroxylation is 3. The molecule has 0 saturated heterocycles. The Kier molecular flexibility index (Phi) is 5.25. The monoisotopic (exact) mass is 423 g/mol. The summed E-state index contributed by atoms with van der Waals surface area (Å²) < 4.78 is 1.91. The molecule has 0 radical (unpaired) electrons. The van der Waals surface area contributed by atoms with Gasteiger partial charge in [0.25, 0.3) is 5.91 Å². The van der Waals surface area contributed by atoms with E-state index in [-0.39, 0.29) is 5.91 Å². The number of amides is 1. The Hall–Kier alpha value is -2.90. The van der Waals surface area contributed by atoms with Gasteiger partial charge < -0.3 is 9.88 Å². The lowest BCUT2D eigenvalue weighted by molar-refractivity contribution is 0.102. The highest BCUT2D eigenvalue weighted by atomic mass is 35.5. The van der Waals surface area contributed by atoms with Gasteiger partial charge in [0.1, 0.15) is 0 Å². The van der Waals surface area contributed by atoms with E-state index >= 15 is 0 Å². The summed E-state index contributed by atoms with van der Waals surface area (Å²) in [5, 5.41) is 4.32. The highest BCUT2D eigenvalue weighted by molar-refractivity contribution is 7.99. The van der Waals surface area contributed by atoms with Crippen LogP contribution in [0.15, 0.2) is 58.8 Å². The first kappa shape index (κ1) is 19.4. The van der Waals surface area contributed by atoms with Crippen molar-refractivity contribution in [3.05, 3.63) is 70.8 Å². The lowest BCUT2D eigenvalue weighted by Gasteiger charge is -2.12. The third kappa shape index (κ3) is 4.11. The van der Waals surface area contributed by atoms with Gasteiger partial charge in [0.05, 0.1) is 28.1 Å². The van der Waals surface area contributed by atoms with Crippen molar-refractivity contribution in [2.75, 3.05) is 5.32 Å². The molecule has 2 aromatic carbocycles. The van der Waals surface area contributed by atoms with Crippen molar-refractivity contribution in [3.63, 3.8) is 0 Å². The summed E-state index contributed by atoms with van der Waals surface area (Å²) in [5.74, 6) is -0.240. The Balaban J connectivity index is 1.64. The van der Waals surface area contributed by atoms with E-state index in [4.69, 9.17) is 11.6 Å². The quantitative estimate of drug-likeness (QED) is 0.498. The van der Waals surface area contributed by atoms with E-state index in [0.29, 0.717) is 21.8 Å². The second-order valence-electron chi connectivity index (χ2n) is 6.62. The molecule has 0 unspecified atom stereocenters. The average Bonchev–Trinajstić information content (AvgIpc) is 3.09. The molecule has 4 aromatic rings. The fraction of sp³-hybridized carbons (Fsp3) is 0.143. The van der Waals surface area contributed by atoms with Gasteiger partial charge in [-0.25, -0.2) is 15.0 Å². The predicted molar refractivity (Wildman–Crippen MR) is 116 cm³/mol. The Morgan fingerprint density at radius 3 is 2.55 bits per heavy atom. The van der Waals surface area contributed by atoms with Gasteiger partial charge in [-0.05, 0) is 62.0 Å². The van der Waals surface area contributed by atoms with E-state index < -0.39 is 0 Å². The fourth-order valence-corrected chi connectivity index (χ4v) is 3.85. The van der Waals surface area contributed by atoms with Gasteiger partial charge in [-0.1, -0.05) is 11.6 Å². The second kappa shape index (κ2) is 7.85. The van der Waals surface area contributed by atoms with Crippen molar-refractivity contribution in [2.24, 2.45) is 7.05 Å². The second-order valence-corrected chi connectivity index (χ2v) is 8.06. The number of aromatic nitrogens is 4. The molecule has 0 spiro atoms. The normalized spacial score (nSPS) is 11.0. The first-order chi connectivity index (χ1) is 13.9. The molecule has 29 heavy (non-hydrogen) atoms. The summed E-state index contributed by atoms with van der Waals surface area (Å²) in [6.07, 6.45) is 3.60. The molecule has 2 aromatic heterocycles. The minimum absolute atomic E-state index is 0.240. The lowest BCUT2D eigenvalue weighted by Crippen LogP contribution is -2.13. The van der Waals surface area contributed by atoms with Crippen molar-refractivity contribution in [3.8, 4) is 0 Å². The van der Waals surface area contributed by atoms with E-state index in [2.05, 4.69) is 20.3 Å². The molecule has 8 heteroatoms. The van der Waals surface area contributed by atoms with E-state index in [9.17, 15) is 4.79 Å². The molecule has 0 bridgehead atoms. The molecular weight excluding hydrogens is 406 g/mol. The van der Waals surface area contributed by atoms with Crippen LogP contribution in [-0.2, 0) is 7.05 Å². The zero-order valence-corrected chi connectivity index (χ0v) is 17.7. The Morgan fingerprint density at radius 2 is 1.83 bits per heavy atom. The summed E-state index contributed by atoms with van der Waals surface area (Å²) in [6.45, 7) is 3.82. The van der Waals surface area contributed by atoms with Crippen LogP contribution in [-0.4, -0.2) is 25.4 Å².